The Labute approximate surface area is 137 Å². The molecule has 0 unspecified atom stereocenters. The van der Waals surface area contributed by atoms with E-state index in [4.69, 9.17) is 0 Å². The van der Waals surface area contributed by atoms with Crippen LogP contribution in [0.3, 0.4) is 0 Å². The molecular weight excluding hydrogens is 314 g/mol. The van der Waals surface area contributed by atoms with E-state index in [9.17, 15) is 9.11 Å². The molecule has 126 valence electrons. The fourth-order valence-corrected chi connectivity index (χ4v) is 3.86. The summed E-state index contributed by atoms with van der Waals surface area (Å²) in [6.45, 7) is 5.23. The molecule has 0 amide bonds. The molecule has 7 nitrogen and oxygen atoms in total. The highest BCUT2D eigenvalue weighted by Crippen LogP contribution is 2.40. The van der Waals surface area contributed by atoms with Gasteiger partial charge < -0.3 is 5.32 Å². The summed E-state index contributed by atoms with van der Waals surface area (Å²) in [7, 11) is -2.59. The molecule has 3 N–H and O–H groups in total. The molecule has 1 aliphatic rings. The van der Waals surface area contributed by atoms with Gasteiger partial charge in [-0.2, -0.15) is 0 Å². The Balaban J connectivity index is 1.71. The molecule has 0 spiro atoms. The highest BCUT2D eigenvalue weighted by molar-refractivity contribution is 8.21. The molecule has 8 heteroatoms. The average Bonchev–Trinajstić information content (AvgIpc) is 2.47. The maximum Gasteiger partial charge on any atom is 0.223 e. The lowest BCUT2D eigenvalue weighted by Crippen LogP contribution is -2.40. The largest absolute Gasteiger partial charge is 0.351 e. The third-order valence-corrected chi connectivity index (χ3v) is 5.49. The van der Waals surface area contributed by atoms with E-state index < -0.39 is 10.8 Å². The van der Waals surface area contributed by atoms with Gasteiger partial charge in [-0.25, -0.2) is 14.3 Å². The summed E-state index contributed by atoms with van der Waals surface area (Å²) in [5.74, 6) is 0.604. The van der Waals surface area contributed by atoms with Gasteiger partial charge in [-0.1, -0.05) is 0 Å². The van der Waals surface area contributed by atoms with E-state index in [1.807, 2.05) is 26.1 Å². The predicted molar refractivity (Wildman–Crippen MR) is 93.8 cm³/mol. The minimum Gasteiger partial charge on any atom is -0.351 e. The molecule has 0 bridgehead atoms. The molecule has 1 fully saturated rings. The summed E-state index contributed by atoms with van der Waals surface area (Å²) < 4.78 is 21.1. The van der Waals surface area contributed by atoms with Crippen molar-refractivity contribution in [2.45, 2.75) is 32.7 Å². The molecule has 1 saturated heterocycles. The topological polar surface area (TPSA) is 94.4 Å². The molecule has 0 aromatic carbocycles. The van der Waals surface area contributed by atoms with Gasteiger partial charge >= 0.3 is 0 Å². The van der Waals surface area contributed by atoms with Gasteiger partial charge in [-0.3, -0.25) is 14.1 Å². The number of hydrogen-bond acceptors (Lipinski definition) is 7. The van der Waals surface area contributed by atoms with Crippen LogP contribution in [-0.2, 0) is 0 Å². The zero-order chi connectivity index (χ0) is 16.6. The Kier molecular flexibility index (Phi) is 4.41. The molecule has 2 aromatic rings. The first-order valence-electron chi connectivity index (χ1n) is 7.69. The lowest BCUT2D eigenvalue weighted by Gasteiger charge is -2.43. The summed E-state index contributed by atoms with van der Waals surface area (Å²) >= 11 is 0. The number of aromatic nitrogens is 3. The van der Waals surface area contributed by atoms with Crippen molar-refractivity contribution in [2.75, 3.05) is 24.7 Å². The lowest BCUT2D eigenvalue weighted by molar-refractivity contribution is 0.296. The van der Waals surface area contributed by atoms with Gasteiger partial charge in [-0.05, 0) is 32.8 Å². The van der Waals surface area contributed by atoms with Crippen LogP contribution in [0.25, 0.3) is 10.9 Å². The van der Waals surface area contributed by atoms with Crippen LogP contribution in [0.4, 0.5) is 5.95 Å². The summed E-state index contributed by atoms with van der Waals surface area (Å²) in [6, 6.07) is 2.22. The molecule has 2 aromatic heterocycles. The number of pyridine rings is 1. The standard InChI is InChI=1S/C15H23N5O2S/c1-10-8-12-9-16-15(19-14(12)11(2)17-10)18-13-4-6-20(7-5-13)23(3,21)22/h8-9,13,21-22H,4-7H2,1-3H3,(H,16,18,19). The van der Waals surface area contributed by atoms with E-state index in [-0.39, 0.29) is 6.04 Å². The normalized spacial score (nSPS) is 18.3. The number of nitrogens with zero attached hydrogens (tertiary/aromatic N) is 4. The summed E-state index contributed by atoms with van der Waals surface area (Å²) in [6.07, 6.45) is 4.96. The van der Waals surface area contributed by atoms with Crippen LogP contribution in [0, 0.1) is 13.8 Å². The first-order chi connectivity index (χ1) is 10.8. The van der Waals surface area contributed by atoms with Crippen molar-refractivity contribution in [2.24, 2.45) is 0 Å². The van der Waals surface area contributed by atoms with E-state index in [2.05, 4.69) is 20.3 Å². The van der Waals surface area contributed by atoms with Crippen LogP contribution in [0.15, 0.2) is 12.3 Å². The van der Waals surface area contributed by atoms with Gasteiger partial charge in [0.25, 0.3) is 0 Å². The van der Waals surface area contributed by atoms with Crippen molar-refractivity contribution in [1.29, 1.82) is 0 Å². The molecule has 0 saturated carbocycles. The number of nitrogens with one attached hydrogen (secondary N) is 1. The number of piperidine rings is 1. The number of rotatable bonds is 3. The number of hydrogen-bond donors (Lipinski definition) is 3. The van der Waals surface area contributed by atoms with Gasteiger partial charge in [0.2, 0.25) is 5.95 Å². The van der Waals surface area contributed by atoms with Crippen LogP contribution < -0.4 is 5.32 Å². The fourth-order valence-electron chi connectivity index (χ4n) is 2.96. The predicted octanol–water partition coefficient (Wildman–Crippen LogP) is 2.81. The van der Waals surface area contributed by atoms with Crippen molar-refractivity contribution in [3.8, 4) is 0 Å². The maximum absolute atomic E-state index is 9.70. The fraction of sp³-hybridized carbons (Fsp3) is 0.533. The van der Waals surface area contributed by atoms with Crippen molar-refractivity contribution < 1.29 is 9.11 Å². The molecule has 23 heavy (non-hydrogen) atoms. The number of anilines is 1. The second-order valence-electron chi connectivity index (χ2n) is 6.12. The van der Waals surface area contributed by atoms with E-state index in [0.717, 1.165) is 35.1 Å². The minimum atomic E-state index is -2.59. The van der Waals surface area contributed by atoms with Crippen molar-refractivity contribution >= 4 is 27.6 Å². The number of aryl methyl sites for hydroxylation is 2. The average molecular weight is 337 g/mol. The summed E-state index contributed by atoms with van der Waals surface area (Å²) in [5.41, 5.74) is 2.73. The molecule has 3 heterocycles. The van der Waals surface area contributed by atoms with Gasteiger partial charge in [0.05, 0.1) is 11.2 Å². The summed E-state index contributed by atoms with van der Waals surface area (Å²) in [4.78, 5) is 13.4. The molecule has 0 aliphatic carbocycles. The van der Waals surface area contributed by atoms with Gasteiger partial charge in [0.1, 0.15) is 0 Å². The first-order valence-corrected chi connectivity index (χ1v) is 9.60. The Bertz CT molecular complexity index is 711. The van der Waals surface area contributed by atoms with Crippen molar-refractivity contribution in [3.63, 3.8) is 0 Å². The zero-order valence-corrected chi connectivity index (χ0v) is 14.5. The molecule has 0 radical (unpaired) electrons. The quantitative estimate of drug-likeness (QED) is 0.792. The zero-order valence-electron chi connectivity index (χ0n) is 13.7. The van der Waals surface area contributed by atoms with Crippen LogP contribution in [0.5, 0.6) is 0 Å². The maximum atomic E-state index is 9.70. The SMILES string of the molecule is Cc1cc2cnc(NC3CCN(S(C)(O)O)CC3)nc2c(C)n1. The van der Waals surface area contributed by atoms with Crippen molar-refractivity contribution in [1.82, 2.24) is 19.3 Å². The van der Waals surface area contributed by atoms with E-state index in [1.54, 1.807) is 4.31 Å². The molecular formula is C15H23N5O2S. The third-order valence-electron chi connectivity index (χ3n) is 4.14. The van der Waals surface area contributed by atoms with Gasteiger partial charge in [-0.15, -0.1) is 10.8 Å². The lowest BCUT2D eigenvalue weighted by atomic mass is 10.1. The third kappa shape index (κ3) is 3.72. The number of fused-ring (bicyclic) bond motifs is 1. The van der Waals surface area contributed by atoms with Gasteiger partial charge in [0.15, 0.2) is 0 Å². The van der Waals surface area contributed by atoms with E-state index >= 15 is 0 Å². The molecule has 1 aliphatic heterocycles. The Morgan fingerprint density at radius 2 is 1.91 bits per heavy atom. The van der Waals surface area contributed by atoms with Crippen LogP contribution in [0.2, 0.25) is 0 Å². The van der Waals surface area contributed by atoms with Crippen LogP contribution in [0.1, 0.15) is 24.2 Å². The first kappa shape index (κ1) is 16.4. The smallest absolute Gasteiger partial charge is 0.223 e. The van der Waals surface area contributed by atoms with Crippen molar-refractivity contribution in [3.05, 3.63) is 23.7 Å². The van der Waals surface area contributed by atoms with Crippen LogP contribution in [-0.4, -0.2) is 53.7 Å². The molecule has 0 atom stereocenters. The molecule has 3 rings (SSSR count). The Morgan fingerprint density at radius 1 is 1.22 bits per heavy atom. The second-order valence-corrected chi connectivity index (χ2v) is 8.22. The highest BCUT2D eigenvalue weighted by Gasteiger charge is 2.25. The second kappa shape index (κ2) is 6.20. The van der Waals surface area contributed by atoms with Gasteiger partial charge in [0, 0.05) is 42.7 Å². The Hall–Kier alpha value is -1.48. The monoisotopic (exact) mass is 337 g/mol. The van der Waals surface area contributed by atoms with Crippen LogP contribution >= 0.6 is 10.8 Å². The highest BCUT2D eigenvalue weighted by atomic mass is 32.3. The Morgan fingerprint density at radius 3 is 2.57 bits per heavy atom. The summed E-state index contributed by atoms with van der Waals surface area (Å²) in [5, 5.41) is 4.35. The minimum absolute atomic E-state index is 0.240. The van der Waals surface area contributed by atoms with E-state index in [1.165, 1.54) is 6.26 Å². The van der Waals surface area contributed by atoms with E-state index in [0.29, 0.717) is 19.0 Å².